The number of pyridine rings is 1. The zero-order valence-corrected chi connectivity index (χ0v) is 19.8. The lowest BCUT2D eigenvalue weighted by atomic mass is 9.94. The van der Waals surface area contributed by atoms with Crippen LogP contribution in [0.25, 0.3) is 22.2 Å². The van der Waals surface area contributed by atoms with Crippen molar-refractivity contribution in [3.05, 3.63) is 83.7 Å². The van der Waals surface area contributed by atoms with Gasteiger partial charge in [0.05, 0.1) is 6.04 Å². The molecule has 0 aliphatic rings. The van der Waals surface area contributed by atoms with Gasteiger partial charge < -0.3 is 9.08 Å². The van der Waals surface area contributed by atoms with Crippen molar-refractivity contribution >= 4 is 22.3 Å². The Kier molecular flexibility index (Phi) is 6.65. The predicted molar refractivity (Wildman–Crippen MR) is 131 cm³/mol. The third kappa shape index (κ3) is 4.88. The third-order valence-electron chi connectivity index (χ3n) is 5.41. The van der Waals surface area contributed by atoms with Crippen LogP contribution in [0.3, 0.4) is 0 Å². The van der Waals surface area contributed by atoms with E-state index in [1.807, 2.05) is 81.4 Å². The van der Waals surface area contributed by atoms with Crippen LogP contribution in [0.1, 0.15) is 50.7 Å². The largest absolute Gasteiger partial charge is 0.598 e. The fourth-order valence-electron chi connectivity index (χ4n) is 3.67. The van der Waals surface area contributed by atoms with Crippen molar-refractivity contribution in [3.63, 3.8) is 0 Å². The topological polar surface area (TPSA) is 74.0 Å². The van der Waals surface area contributed by atoms with Crippen LogP contribution in [-0.2, 0) is 24.2 Å². The van der Waals surface area contributed by atoms with E-state index in [0.29, 0.717) is 6.42 Å². The Balaban J connectivity index is 1.79. The summed E-state index contributed by atoms with van der Waals surface area (Å²) >= 11 is -1.25. The standard InChI is InChI=1S/C26H29N3O2S/c1-5-18-11-10-12-19(27-18)17-23(29-32(30)26(2,3)4)20-13-6-7-14-21(20)25-22-15-8-9-16-24(22)31-28-25/h6-16,23,29H,5,17H2,1-4H3. The molecule has 2 atom stereocenters. The van der Waals surface area contributed by atoms with Crippen LogP contribution < -0.4 is 4.72 Å². The van der Waals surface area contributed by atoms with Crippen LogP contribution in [0.15, 0.2) is 71.3 Å². The van der Waals surface area contributed by atoms with E-state index in [1.165, 1.54) is 0 Å². The molecular formula is C26H29N3O2S. The molecule has 0 amide bonds. The Morgan fingerprint density at radius 3 is 2.47 bits per heavy atom. The summed E-state index contributed by atoms with van der Waals surface area (Å²) in [6.45, 7) is 8.02. The molecule has 0 spiro atoms. The van der Waals surface area contributed by atoms with Gasteiger partial charge >= 0.3 is 0 Å². The van der Waals surface area contributed by atoms with E-state index >= 15 is 0 Å². The minimum absolute atomic E-state index is 0.207. The molecule has 166 valence electrons. The fraction of sp³-hybridized carbons (Fsp3) is 0.308. The number of rotatable bonds is 7. The van der Waals surface area contributed by atoms with Gasteiger partial charge in [-0.15, -0.1) is 4.72 Å². The minimum Gasteiger partial charge on any atom is -0.598 e. The first kappa shape index (κ1) is 22.5. The number of nitrogens with zero attached hydrogens (tertiary/aromatic N) is 2. The van der Waals surface area contributed by atoms with E-state index in [0.717, 1.165) is 45.6 Å². The fourth-order valence-corrected chi connectivity index (χ4v) is 4.49. The SMILES string of the molecule is CCc1cccc(CC(N[S+]([O-])C(C)(C)C)c2ccccc2-c2noc3ccccc23)n1. The monoisotopic (exact) mass is 447 g/mol. The summed E-state index contributed by atoms with van der Waals surface area (Å²) in [5.41, 5.74) is 5.54. The zero-order valence-electron chi connectivity index (χ0n) is 19.0. The molecule has 2 aromatic carbocycles. The highest BCUT2D eigenvalue weighted by Crippen LogP contribution is 2.35. The number of nitrogens with one attached hydrogen (secondary N) is 1. The molecule has 0 fully saturated rings. The van der Waals surface area contributed by atoms with Gasteiger partial charge in [0.2, 0.25) is 0 Å². The highest BCUT2D eigenvalue weighted by atomic mass is 32.2. The van der Waals surface area contributed by atoms with Gasteiger partial charge in [-0.3, -0.25) is 4.98 Å². The lowest BCUT2D eigenvalue weighted by molar-refractivity contribution is 0.459. The number of aromatic nitrogens is 2. The Labute approximate surface area is 192 Å². The number of hydrogen-bond donors (Lipinski definition) is 1. The molecule has 2 aromatic heterocycles. The van der Waals surface area contributed by atoms with E-state index in [4.69, 9.17) is 9.51 Å². The quantitative estimate of drug-likeness (QED) is 0.363. The van der Waals surface area contributed by atoms with Gasteiger partial charge in [-0.25, -0.2) is 0 Å². The van der Waals surface area contributed by atoms with Crippen LogP contribution in [0.4, 0.5) is 0 Å². The van der Waals surface area contributed by atoms with Gasteiger partial charge in [-0.2, -0.15) is 0 Å². The molecule has 2 unspecified atom stereocenters. The first-order valence-corrected chi connectivity index (χ1v) is 12.1. The molecule has 4 rings (SSSR count). The summed E-state index contributed by atoms with van der Waals surface area (Å²) in [6, 6.07) is 21.9. The first-order valence-electron chi connectivity index (χ1n) is 10.9. The number of aryl methyl sites for hydroxylation is 1. The number of benzene rings is 2. The van der Waals surface area contributed by atoms with E-state index in [9.17, 15) is 4.55 Å². The van der Waals surface area contributed by atoms with Crippen LogP contribution in [0.5, 0.6) is 0 Å². The Morgan fingerprint density at radius 1 is 0.969 bits per heavy atom. The molecule has 6 heteroatoms. The normalized spacial score (nSPS) is 13.9. The van der Waals surface area contributed by atoms with Crippen molar-refractivity contribution in [1.82, 2.24) is 14.9 Å². The number of para-hydroxylation sites is 1. The van der Waals surface area contributed by atoms with Crippen LogP contribution >= 0.6 is 0 Å². The maximum absolute atomic E-state index is 13.1. The Bertz CT molecular complexity index is 1200. The summed E-state index contributed by atoms with van der Waals surface area (Å²) in [4.78, 5) is 4.80. The van der Waals surface area contributed by atoms with E-state index in [2.05, 4.69) is 22.9 Å². The van der Waals surface area contributed by atoms with Gasteiger partial charge in [0.1, 0.15) is 10.4 Å². The zero-order chi connectivity index (χ0) is 22.7. The second-order valence-corrected chi connectivity index (χ2v) is 10.8. The Hall–Kier alpha value is -2.67. The molecule has 32 heavy (non-hydrogen) atoms. The van der Waals surface area contributed by atoms with Crippen LogP contribution in [0, 0.1) is 0 Å². The maximum atomic E-state index is 13.1. The number of fused-ring (bicyclic) bond motifs is 1. The molecule has 1 N–H and O–H groups in total. The number of hydrogen-bond acceptors (Lipinski definition) is 5. The maximum Gasteiger partial charge on any atom is 0.167 e. The van der Waals surface area contributed by atoms with Gasteiger partial charge in [0, 0.05) is 40.1 Å². The second-order valence-electron chi connectivity index (χ2n) is 8.84. The highest BCUT2D eigenvalue weighted by Gasteiger charge is 2.31. The summed E-state index contributed by atoms with van der Waals surface area (Å²) in [7, 11) is 0. The van der Waals surface area contributed by atoms with Crippen molar-refractivity contribution < 1.29 is 9.08 Å². The average molecular weight is 448 g/mol. The Morgan fingerprint density at radius 2 is 1.69 bits per heavy atom. The second kappa shape index (κ2) is 9.45. The molecule has 0 saturated carbocycles. The van der Waals surface area contributed by atoms with Gasteiger partial charge in [-0.1, -0.05) is 54.5 Å². The predicted octanol–water partition coefficient (Wildman–Crippen LogP) is 5.79. The molecule has 5 nitrogen and oxygen atoms in total. The van der Waals surface area contributed by atoms with Gasteiger partial charge in [0.15, 0.2) is 5.58 Å². The minimum atomic E-state index is -1.25. The first-order chi connectivity index (χ1) is 15.4. The van der Waals surface area contributed by atoms with Crippen LogP contribution in [-0.4, -0.2) is 19.4 Å². The summed E-state index contributed by atoms with van der Waals surface area (Å²) in [6.07, 6.45) is 1.49. The van der Waals surface area contributed by atoms with E-state index in [1.54, 1.807) is 0 Å². The lowest BCUT2D eigenvalue weighted by Crippen LogP contribution is -2.42. The molecule has 2 heterocycles. The van der Waals surface area contributed by atoms with Crippen molar-refractivity contribution in [1.29, 1.82) is 0 Å². The van der Waals surface area contributed by atoms with Crippen molar-refractivity contribution in [2.75, 3.05) is 0 Å². The summed E-state index contributed by atoms with van der Waals surface area (Å²) in [5, 5.41) is 5.34. The highest BCUT2D eigenvalue weighted by molar-refractivity contribution is 7.90. The average Bonchev–Trinajstić information content (AvgIpc) is 3.22. The van der Waals surface area contributed by atoms with Crippen molar-refractivity contribution in [3.8, 4) is 11.3 Å². The lowest BCUT2D eigenvalue weighted by Gasteiger charge is -2.29. The molecule has 0 aliphatic carbocycles. The molecule has 0 bridgehead atoms. The van der Waals surface area contributed by atoms with Crippen molar-refractivity contribution in [2.24, 2.45) is 0 Å². The van der Waals surface area contributed by atoms with Gasteiger partial charge in [0.25, 0.3) is 0 Å². The van der Waals surface area contributed by atoms with Crippen LogP contribution in [0.2, 0.25) is 0 Å². The van der Waals surface area contributed by atoms with E-state index in [-0.39, 0.29) is 6.04 Å². The summed E-state index contributed by atoms with van der Waals surface area (Å²) in [5.74, 6) is 0. The molecule has 0 aliphatic heterocycles. The summed E-state index contributed by atoms with van der Waals surface area (Å²) < 4.78 is 21.7. The third-order valence-corrected chi connectivity index (χ3v) is 7.03. The molecule has 0 saturated heterocycles. The molecule has 4 aromatic rings. The van der Waals surface area contributed by atoms with Gasteiger partial charge in [-0.05, 0) is 57.0 Å². The van der Waals surface area contributed by atoms with E-state index < -0.39 is 16.1 Å². The molecular weight excluding hydrogens is 418 g/mol. The molecule has 0 radical (unpaired) electrons. The van der Waals surface area contributed by atoms with Crippen molar-refractivity contribution in [2.45, 2.75) is 51.3 Å². The smallest absolute Gasteiger partial charge is 0.167 e.